The second kappa shape index (κ2) is 3.68. The van der Waals surface area contributed by atoms with Crippen LogP contribution in [0, 0.1) is 6.07 Å². The minimum atomic E-state index is 0.997. The van der Waals surface area contributed by atoms with Crippen molar-refractivity contribution in [2.45, 2.75) is 19.4 Å². The van der Waals surface area contributed by atoms with Gasteiger partial charge >= 0.3 is 0 Å². The Balaban J connectivity index is 1.94. The Bertz CT molecular complexity index is 227. The molecule has 63 valence electrons. The standard InChI is InChI=1S/C10H13N2/c1-2-6-11-10(5-1)9-12-7-3-4-8-12/h2,5-6H,3-4,7-9H2. The van der Waals surface area contributed by atoms with Gasteiger partial charge in [0.25, 0.3) is 0 Å². The molecule has 12 heavy (non-hydrogen) atoms. The van der Waals surface area contributed by atoms with Gasteiger partial charge in [0.2, 0.25) is 0 Å². The van der Waals surface area contributed by atoms with E-state index in [4.69, 9.17) is 0 Å². The van der Waals surface area contributed by atoms with Gasteiger partial charge in [0.1, 0.15) is 0 Å². The lowest BCUT2D eigenvalue weighted by atomic mass is 10.3. The molecule has 0 amide bonds. The fourth-order valence-corrected chi connectivity index (χ4v) is 1.61. The Morgan fingerprint density at radius 3 is 2.92 bits per heavy atom. The second-order valence-corrected chi connectivity index (χ2v) is 3.23. The zero-order valence-corrected chi connectivity index (χ0v) is 7.16. The molecule has 0 N–H and O–H groups in total. The van der Waals surface area contributed by atoms with Gasteiger partial charge in [-0.2, -0.15) is 0 Å². The first-order valence-corrected chi connectivity index (χ1v) is 4.48. The van der Waals surface area contributed by atoms with E-state index < -0.39 is 0 Å². The van der Waals surface area contributed by atoms with Crippen LogP contribution in [0.5, 0.6) is 0 Å². The maximum atomic E-state index is 4.27. The van der Waals surface area contributed by atoms with Crippen LogP contribution in [0.15, 0.2) is 18.3 Å². The average molecular weight is 161 g/mol. The summed E-state index contributed by atoms with van der Waals surface area (Å²) in [6.45, 7) is 3.46. The zero-order valence-electron chi connectivity index (χ0n) is 7.16. The summed E-state index contributed by atoms with van der Waals surface area (Å²) in [4.78, 5) is 6.71. The van der Waals surface area contributed by atoms with E-state index in [2.05, 4.69) is 16.0 Å². The van der Waals surface area contributed by atoms with E-state index in [0.29, 0.717) is 0 Å². The number of hydrogen-bond donors (Lipinski definition) is 0. The molecule has 2 nitrogen and oxygen atoms in total. The Morgan fingerprint density at radius 2 is 2.25 bits per heavy atom. The number of likely N-dealkylation sites (tertiary alicyclic amines) is 1. The highest BCUT2D eigenvalue weighted by Gasteiger charge is 2.11. The van der Waals surface area contributed by atoms with E-state index >= 15 is 0 Å². The van der Waals surface area contributed by atoms with Crippen molar-refractivity contribution >= 4 is 0 Å². The topological polar surface area (TPSA) is 16.1 Å². The molecule has 1 aromatic heterocycles. The summed E-state index contributed by atoms with van der Waals surface area (Å²) in [6.07, 6.45) is 4.50. The van der Waals surface area contributed by atoms with Crippen LogP contribution < -0.4 is 0 Å². The maximum absolute atomic E-state index is 4.27. The smallest absolute Gasteiger partial charge is 0.0550 e. The molecule has 1 aliphatic rings. The normalized spacial score (nSPS) is 18.3. The molecular weight excluding hydrogens is 148 g/mol. The van der Waals surface area contributed by atoms with Gasteiger partial charge in [-0.05, 0) is 44.1 Å². The largest absolute Gasteiger partial charge is 0.298 e. The van der Waals surface area contributed by atoms with Crippen LogP contribution >= 0.6 is 0 Å². The quantitative estimate of drug-likeness (QED) is 0.653. The maximum Gasteiger partial charge on any atom is 0.0550 e. The molecule has 1 radical (unpaired) electrons. The van der Waals surface area contributed by atoms with Crippen LogP contribution in [0.3, 0.4) is 0 Å². The number of rotatable bonds is 2. The summed E-state index contributed by atoms with van der Waals surface area (Å²) in [5.74, 6) is 0. The van der Waals surface area contributed by atoms with Gasteiger partial charge in [0.05, 0.1) is 5.69 Å². The predicted molar refractivity (Wildman–Crippen MR) is 47.6 cm³/mol. The molecule has 0 saturated carbocycles. The van der Waals surface area contributed by atoms with Gasteiger partial charge in [-0.3, -0.25) is 9.88 Å². The van der Waals surface area contributed by atoms with E-state index in [1.165, 1.54) is 25.9 Å². The molecule has 1 saturated heterocycles. The second-order valence-electron chi connectivity index (χ2n) is 3.23. The molecule has 0 aromatic carbocycles. The molecule has 0 bridgehead atoms. The lowest BCUT2D eigenvalue weighted by Crippen LogP contribution is -2.18. The molecule has 0 aliphatic carbocycles. The van der Waals surface area contributed by atoms with Crippen molar-refractivity contribution < 1.29 is 0 Å². The fourth-order valence-electron chi connectivity index (χ4n) is 1.61. The first-order valence-electron chi connectivity index (χ1n) is 4.48. The van der Waals surface area contributed by atoms with E-state index in [1.54, 1.807) is 0 Å². The number of nitrogens with zero attached hydrogens (tertiary/aromatic N) is 2. The van der Waals surface area contributed by atoms with Gasteiger partial charge in [0.15, 0.2) is 0 Å². The van der Waals surface area contributed by atoms with Crippen LogP contribution in [0.2, 0.25) is 0 Å². The molecule has 2 heterocycles. The zero-order chi connectivity index (χ0) is 8.23. The van der Waals surface area contributed by atoms with Crippen molar-refractivity contribution in [3.63, 3.8) is 0 Å². The minimum Gasteiger partial charge on any atom is -0.298 e. The molecule has 0 spiro atoms. The first-order chi connectivity index (χ1) is 5.95. The third kappa shape index (κ3) is 1.83. The molecule has 1 fully saturated rings. The van der Waals surface area contributed by atoms with Crippen molar-refractivity contribution in [3.05, 3.63) is 30.1 Å². The van der Waals surface area contributed by atoms with Crippen LogP contribution in [-0.2, 0) is 6.54 Å². The Kier molecular flexibility index (Phi) is 2.37. The Labute approximate surface area is 73.2 Å². The molecule has 2 heteroatoms. The molecule has 2 rings (SSSR count). The third-order valence-electron chi connectivity index (χ3n) is 2.25. The van der Waals surface area contributed by atoms with Crippen LogP contribution in [0.25, 0.3) is 0 Å². The summed E-state index contributed by atoms with van der Waals surface area (Å²) in [5.41, 5.74) is 1.14. The highest BCUT2D eigenvalue weighted by molar-refractivity contribution is 5.01. The molecule has 1 aromatic rings. The number of hydrogen-bond acceptors (Lipinski definition) is 2. The van der Waals surface area contributed by atoms with Crippen molar-refractivity contribution in [2.75, 3.05) is 13.1 Å². The summed E-state index contributed by atoms with van der Waals surface area (Å²) in [5, 5.41) is 0. The lowest BCUT2D eigenvalue weighted by Gasteiger charge is -2.12. The van der Waals surface area contributed by atoms with Crippen molar-refractivity contribution in [3.8, 4) is 0 Å². The highest BCUT2D eigenvalue weighted by Crippen LogP contribution is 2.10. The van der Waals surface area contributed by atoms with Gasteiger partial charge in [-0.1, -0.05) is 0 Å². The summed E-state index contributed by atoms with van der Waals surface area (Å²) < 4.78 is 0. The predicted octanol–water partition coefficient (Wildman–Crippen LogP) is 1.48. The highest BCUT2D eigenvalue weighted by atomic mass is 15.1. The number of aromatic nitrogens is 1. The number of pyridine rings is 1. The van der Waals surface area contributed by atoms with Gasteiger partial charge < -0.3 is 0 Å². The van der Waals surface area contributed by atoms with Crippen molar-refractivity contribution in [1.82, 2.24) is 9.88 Å². The average Bonchev–Trinajstić information content (AvgIpc) is 2.59. The van der Waals surface area contributed by atoms with E-state index in [9.17, 15) is 0 Å². The summed E-state index contributed by atoms with van der Waals surface area (Å²) >= 11 is 0. The molecule has 0 atom stereocenters. The Hall–Kier alpha value is -0.890. The monoisotopic (exact) mass is 161 g/mol. The molecule has 0 unspecified atom stereocenters. The lowest BCUT2D eigenvalue weighted by molar-refractivity contribution is 0.327. The van der Waals surface area contributed by atoms with Crippen molar-refractivity contribution in [2.24, 2.45) is 0 Å². The SMILES string of the molecule is [c]1ccnc(CN2CCCC2)c1. The third-order valence-corrected chi connectivity index (χ3v) is 2.25. The Morgan fingerprint density at radius 1 is 1.42 bits per heavy atom. The van der Waals surface area contributed by atoms with Gasteiger partial charge in [-0.15, -0.1) is 0 Å². The van der Waals surface area contributed by atoms with E-state index in [-0.39, 0.29) is 0 Å². The van der Waals surface area contributed by atoms with Crippen molar-refractivity contribution in [1.29, 1.82) is 0 Å². The van der Waals surface area contributed by atoms with E-state index in [1.807, 2.05) is 18.3 Å². The summed E-state index contributed by atoms with van der Waals surface area (Å²) in [7, 11) is 0. The van der Waals surface area contributed by atoms with Gasteiger partial charge in [0, 0.05) is 12.7 Å². The van der Waals surface area contributed by atoms with E-state index in [0.717, 1.165) is 12.2 Å². The fraction of sp³-hybridized carbons (Fsp3) is 0.500. The molecular formula is C10H13N2. The van der Waals surface area contributed by atoms with Gasteiger partial charge in [-0.25, -0.2) is 0 Å². The van der Waals surface area contributed by atoms with Crippen LogP contribution in [0.1, 0.15) is 18.5 Å². The first kappa shape index (κ1) is 7.74. The minimum absolute atomic E-state index is 0.997. The van der Waals surface area contributed by atoms with Crippen LogP contribution in [-0.4, -0.2) is 23.0 Å². The molecule has 1 aliphatic heterocycles. The van der Waals surface area contributed by atoms with Crippen LogP contribution in [0.4, 0.5) is 0 Å². The summed E-state index contributed by atoms with van der Waals surface area (Å²) in [6, 6.07) is 6.86.